The van der Waals surface area contributed by atoms with Crippen LogP contribution in [0.2, 0.25) is 0 Å². The van der Waals surface area contributed by atoms with E-state index in [4.69, 9.17) is 4.74 Å². The summed E-state index contributed by atoms with van der Waals surface area (Å²) in [6, 6.07) is 13.1. The summed E-state index contributed by atoms with van der Waals surface area (Å²) in [5.74, 6) is -0.566. The summed E-state index contributed by atoms with van der Waals surface area (Å²) in [5.41, 5.74) is 1.84. The zero-order chi connectivity index (χ0) is 20.8. The van der Waals surface area contributed by atoms with Crippen molar-refractivity contribution in [2.24, 2.45) is 0 Å². The number of nitrogens with zero attached hydrogens (tertiary/aromatic N) is 2. The first-order valence-electron chi connectivity index (χ1n) is 8.73. The lowest BCUT2D eigenvalue weighted by Crippen LogP contribution is -2.23. The molecule has 0 aliphatic rings. The van der Waals surface area contributed by atoms with Crippen LogP contribution >= 0.6 is 23.1 Å². The lowest BCUT2D eigenvalue weighted by atomic mass is 10.2. The molecule has 1 heterocycles. The highest BCUT2D eigenvalue weighted by molar-refractivity contribution is 8.00. The molecule has 0 aliphatic carbocycles. The summed E-state index contributed by atoms with van der Waals surface area (Å²) >= 11 is 2.70. The van der Waals surface area contributed by atoms with Gasteiger partial charge in [0.2, 0.25) is 5.91 Å². The number of amides is 1. The number of rotatable bonds is 7. The number of carbonyl (C=O) groups excluding carboxylic acids is 2. The highest BCUT2D eigenvalue weighted by Crippen LogP contribution is 2.26. The van der Waals surface area contributed by atoms with Crippen LogP contribution in [0.15, 0.2) is 58.8 Å². The lowest BCUT2D eigenvalue weighted by molar-refractivity contribution is -0.125. The van der Waals surface area contributed by atoms with E-state index in [1.807, 2.05) is 11.4 Å². The predicted octanol–water partition coefficient (Wildman–Crippen LogP) is 4.49. The molecule has 3 aromatic rings. The number of halogens is 1. The van der Waals surface area contributed by atoms with Crippen LogP contribution in [-0.2, 0) is 16.1 Å². The Hall–Kier alpha value is -2.71. The molecule has 8 heteroatoms. The fraction of sp³-hybridized carbons (Fsp3) is 0.190. The van der Waals surface area contributed by atoms with Crippen LogP contribution in [0, 0.1) is 5.82 Å². The van der Waals surface area contributed by atoms with E-state index in [1.54, 1.807) is 44.4 Å². The van der Waals surface area contributed by atoms with Crippen LogP contribution in [0.5, 0.6) is 0 Å². The third-order valence-corrected chi connectivity index (χ3v) is 5.95. The Morgan fingerprint density at radius 2 is 1.86 bits per heavy atom. The van der Waals surface area contributed by atoms with Gasteiger partial charge in [0, 0.05) is 29.9 Å². The average molecular weight is 431 g/mol. The molecule has 0 saturated heterocycles. The van der Waals surface area contributed by atoms with E-state index in [1.165, 1.54) is 40.1 Å². The van der Waals surface area contributed by atoms with Gasteiger partial charge < -0.3 is 9.64 Å². The maximum atomic E-state index is 13.1. The van der Waals surface area contributed by atoms with Gasteiger partial charge in [-0.15, -0.1) is 23.1 Å². The molecule has 0 N–H and O–H groups in total. The Kier molecular flexibility index (Phi) is 7.00. The Morgan fingerprint density at radius 3 is 2.59 bits per heavy atom. The first-order valence-corrected chi connectivity index (χ1v) is 10.6. The van der Waals surface area contributed by atoms with Crippen molar-refractivity contribution < 1.29 is 18.7 Å². The second kappa shape index (κ2) is 9.67. The highest BCUT2D eigenvalue weighted by atomic mass is 32.2. The normalized spacial score (nSPS) is 10.6. The third kappa shape index (κ3) is 5.65. The smallest absolute Gasteiger partial charge is 0.339 e. The van der Waals surface area contributed by atoms with Crippen molar-refractivity contribution in [2.45, 2.75) is 11.5 Å². The molecule has 1 amide bonds. The van der Waals surface area contributed by atoms with Crippen molar-refractivity contribution in [3.05, 3.63) is 71.0 Å². The summed E-state index contributed by atoms with van der Waals surface area (Å²) in [6.07, 6.45) is 0. The van der Waals surface area contributed by atoms with Crippen LogP contribution in [0.1, 0.15) is 16.1 Å². The largest absolute Gasteiger partial charge is 0.456 e. The number of thiazole rings is 1. The third-order valence-electron chi connectivity index (χ3n) is 3.95. The predicted molar refractivity (Wildman–Crippen MR) is 112 cm³/mol. The first-order chi connectivity index (χ1) is 13.9. The van der Waals surface area contributed by atoms with Crippen molar-refractivity contribution in [1.82, 2.24) is 9.88 Å². The number of esters is 1. The Morgan fingerprint density at radius 1 is 1.14 bits per heavy atom. The fourth-order valence-electron chi connectivity index (χ4n) is 2.35. The molecule has 0 unspecified atom stereocenters. The average Bonchev–Trinajstić information content (AvgIpc) is 3.20. The van der Waals surface area contributed by atoms with E-state index in [0.717, 1.165) is 10.6 Å². The summed E-state index contributed by atoms with van der Waals surface area (Å²) < 4.78 is 18.5. The van der Waals surface area contributed by atoms with Crippen molar-refractivity contribution >= 4 is 35.0 Å². The van der Waals surface area contributed by atoms with Crippen LogP contribution in [0.25, 0.3) is 10.6 Å². The molecule has 0 spiro atoms. The molecular formula is C21H19FN2O3S2. The standard InChI is InChI=1S/C21H19FN2O3S2/c1-24(2)19(25)13-28-18-6-4-3-5-17(18)21(26)27-11-16-12-29-20(23-16)14-7-9-15(22)10-8-14/h3-10,12H,11,13H2,1-2H3. The quantitative estimate of drug-likeness (QED) is 0.408. The molecule has 29 heavy (non-hydrogen) atoms. The maximum absolute atomic E-state index is 13.1. The van der Waals surface area contributed by atoms with Crippen molar-refractivity contribution in [2.75, 3.05) is 19.8 Å². The number of thioether (sulfide) groups is 1. The number of ether oxygens (including phenoxy) is 1. The number of benzene rings is 2. The van der Waals surface area contributed by atoms with E-state index in [9.17, 15) is 14.0 Å². The Bertz CT molecular complexity index is 1000. The maximum Gasteiger partial charge on any atom is 0.339 e. The molecule has 2 aromatic carbocycles. The van der Waals surface area contributed by atoms with E-state index < -0.39 is 5.97 Å². The van der Waals surface area contributed by atoms with E-state index in [2.05, 4.69) is 4.98 Å². The number of carbonyl (C=O) groups is 2. The van der Waals surface area contributed by atoms with Gasteiger partial charge in [-0.2, -0.15) is 0 Å². The molecule has 3 rings (SSSR count). The molecule has 0 bridgehead atoms. The molecule has 0 saturated carbocycles. The van der Waals surface area contributed by atoms with Crippen molar-refractivity contribution in [1.29, 1.82) is 0 Å². The molecular weight excluding hydrogens is 411 g/mol. The van der Waals surface area contributed by atoms with Gasteiger partial charge in [0.05, 0.1) is 17.0 Å². The van der Waals surface area contributed by atoms with Gasteiger partial charge in [-0.1, -0.05) is 12.1 Å². The summed E-state index contributed by atoms with van der Waals surface area (Å²) in [6.45, 7) is 0.0339. The summed E-state index contributed by atoms with van der Waals surface area (Å²) in [7, 11) is 3.38. The topological polar surface area (TPSA) is 59.5 Å². The van der Waals surface area contributed by atoms with Gasteiger partial charge in [0.15, 0.2) is 0 Å². The van der Waals surface area contributed by atoms with E-state index in [0.29, 0.717) is 16.2 Å². The van der Waals surface area contributed by atoms with E-state index in [-0.39, 0.29) is 24.1 Å². The number of hydrogen-bond donors (Lipinski definition) is 0. The minimum atomic E-state index is -0.471. The molecule has 0 aliphatic heterocycles. The Balaban J connectivity index is 1.63. The molecule has 0 fully saturated rings. The van der Waals surface area contributed by atoms with Crippen molar-refractivity contribution in [3.63, 3.8) is 0 Å². The highest BCUT2D eigenvalue weighted by Gasteiger charge is 2.15. The van der Waals surface area contributed by atoms with Crippen molar-refractivity contribution in [3.8, 4) is 10.6 Å². The molecule has 0 radical (unpaired) electrons. The minimum absolute atomic E-state index is 0.0334. The van der Waals surface area contributed by atoms with Gasteiger partial charge in [-0.05, 0) is 36.4 Å². The molecule has 1 aromatic heterocycles. The Labute approximate surface area is 176 Å². The fourth-order valence-corrected chi connectivity index (χ4v) is 4.17. The molecule has 0 atom stereocenters. The van der Waals surface area contributed by atoms with Crippen LogP contribution < -0.4 is 0 Å². The number of hydrogen-bond acceptors (Lipinski definition) is 6. The minimum Gasteiger partial charge on any atom is -0.456 e. The lowest BCUT2D eigenvalue weighted by Gasteiger charge is -2.11. The number of aromatic nitrogens is 1. The second-order valence-corrected chi connectivity index (χ2v) is 8.18. The van der Waals surface area contributed by atoms with E-state index >= 15 is 0 Å². The van der Waals surface area contributed by atoms with Gasteiger partial charge >= 0.3 is 5.97 Å². The summed E-state index contributed by atoms with van der Waals surface area (Å²) in [4.78, 5) is 31.0. The zero-order valence-corrected chi connectivity index (χ0v) is 17.6. The van der Waals surface area contributed by atoms with Gasteiger partial charge in [-0.3, -0.25) is 4.79 Å². The monoisotopic (exact) mass is 430 g/mol. The summed E-state index contributed by atoms with van der Waals surface area (Å²) in [5, 5.41) is 2.54. The zero-order valence-electron chi connectivity index (χ0n) is 15.9. The van der Waals surface area contributed by atoms with Crippen LogP contribution in [0.3, 0.4) is 0 Å². The molecule has 150 valence electrons. The van der Waals surface area contributed by atoms with Gasteiger partial charge in [-0.25, -0.2) is 14.2 Å². The second-order valence-electron chi connectivity index (χ2n) is 6.30. The van der Waals surface area contributed by atoms with Crippen LogP contribution in [0.4, 0.5) is 4.39 Å². The van der Waals surface area contributed by atoms with Gasteiger partial charge in [0.1, 0.15) is 17.4 Å². The SMILES string of the molecule is CN(C)C(=O)CSc1ccccc1C(=O)OCc1csc(-c2ccc(F)cc2)n1. The molecule has 5 nitrogen and oxygen atoms in total. The first kappa shape index (κ1) is 21.0. The van der Waals surface area contributed by atoms with Gasteiger partial charge in [0.25, 0.3) is 0 Å². The van der Waals surface area contributed by atoms with Crippen LogP contribution in [-0.4, -0.2) is 41.6 Å².